The fourth-order valence-electron chi connectivity index (χ4n) is 1.52. The summed E-state index contributed by atoms with van der Waals surface area (Å²) in [5.74, 6) is 0.856. The van der Waals surface area contributed by atoms with Gasteiger partial charge in [0.05, 0.1) is 34.2 Å². The molecule has 92 valence electrons. The Kier molecular flexibility index (Phi) is 4.23. The largest absolute Gasteiger partial charge is 0.383 e. The first-order valence-corrected chi connectivity index (χ1v) is 5.99. The summed E-state index contributed by atoms with van der Waals surface area (Å²) in [7, 11) is 1.67. The molecule has 0 bridgehead atoms. The van der Waals surface area contributed by atoms with Crippen LogP contribution in [0.15, 0.2) is 12.1 Å². The standard InChI is InChI=1S/C11H13Cl2N3O/c1-17-3-2-14-6-11-15-9-4-7(12)8(13)5-10(9)16-11/h4-5,14H,2-3,6H2,1H3,(H,15,16). The maximum atomic E-state index is 5.93. The van der Waals surface area contributed by atoms with Gasteiger partial charge in [-0.25, -0.2) is 4.98 Å². The number of hydrogen-bond acceptors (Lipinski definition) is 3. The smallest absolute Gasteiger partial charge is 0.121 e. The highest BCUT2D eigenvalue weighted by molar-refractivity contribution is 6.42. The van der Waals surface area contributed by atoms with Crippen molar-refractivity contribution in [2.24, 2.45) is 0 Å². The van der Waals surface area contributed by atoms with E-state index in [-0.39, 0.29) is 0 Å². The van der Waals surface area contributed by atoms with Crippen LogP contribution in [0.5, 0.6) is 0 Å². The number of hydrogen-bond donors (Lipinski definition) is 2. The van der Waals surface area contributed by atoms with Crippen molar-refractivity contribution in [1.82, 2.24) is 15.3 Å². The molecule has 0 aliphatic rings. The van der Waals surface area contributed by atoms with Crippen LogP contribution >= 0.6 is 23.2 Å². The van der Waals surface area contributed by atoms with E-state index in [1.165, 1.54) is 0 Å². The van der Waals surface area contributed by atoms with Gasteiger partial charge in [-0.3, -0.25) is 0 Å². The molecular formula is C11H13Cl2N3O. The molecule has 0 aliphatic heterocycles. The van der Waals surface area contributed by atoms with E-state index in [0.717, 1.165) is 23.4 Å². The molecule has 0 saturated carbocycles. The minimum absolute atomic E-state index is 0.518. The SMILES string of the molecule is COCCNCc1nc2cc(Cl)c(Cl)cc2[nH]1. The van der Waals surface area contributed by atoms with Crippen LogP contribution < -0.4 is 5.32 Å². The van der Waals surface area contributed by atoms with Gasteiger partial charge in [0.2, 0.25) is 0 Å². The van der Waals surface area contributed by atoms with Crippen LogP contribution in [0.3, 0.4) is 0 Å². The molecule has 17 heavy (non-hydrogen) atoms. The van der Waals surface area contributed by atoms with Crippen LogP contribution in [0, 0.1) is 0 Å². The van der Waals surface area contributed by atoms with Crippen LogP contribution in [0.4, 0.5) is 0 Å². The lowest BCUT2D eigenvalue weighted by molar-refractivity contribution is 0.199. The second-order valence-corrected chi connectivity index (χ2v) is 4.45. The zero-order valence-corrected chi connectivity index (χ0v) is 10.9. The third kappa shape index (κ3) is 3.10. The molecule has 2 rings (SSSR count). The Balaban J connectivity index is 2.09. The van der Waals surface area contributed by atoms with Gasteiger partial charge in [-0.05, 0) is 12.1 Å². The van der Waals surface area contributed by atoms with Crippen molar-refractivity contribution in [3.63, 3.8) is 0 Å². The van der Waals surface area contributed by atoms with E-state index in [1.54, 1.807) is 19.2 Å². The van der Waals surface area contributed by atoms with Gasteiger partial charge < -0.3 is 15.0 Å². The Bertz CT molecular complexity index is 474. The molecule has 2 N–H and O–H groups in total. The Morgan fingerprint density at radius 1 is 1.35 bits per heavy atom. The molecule has 1 heterocycles. The molecule has 4 nitrogen and oxygen atoms in total. The number of halogens is 2. The number of ether oxygens (including phenoxy) is 1. The number of H-pyrrole nitrogens is 1. The first kappa shape index (κ1) is 12.6. The van der Waals surface area contributed by atoms with E-state index in [0.29, 0.717) is 23.2 Å². The predicted octanol–water partition coefficient (Wildman–Crippen LogP) is 2.61. The molecule has 0 spiro atoms. The van der Waals surface area contributed by atoms with Crippen molar-refractivity contribution in [1.29, 1.82) is 0 Å². The van der Waals surface area contributed by atoms with Crippen LogP contribution in [-0.2, 0) is 11.3 Å². The summed E-state index contributed by atoms with van der Waals surface area (Å²) in [6, 6.07) is 3.54. The minimum Gasteiger partial charge on any atom is -0.383 e. The molecule has 1 aromatic carbocycles. The van der Waals surface area contributed by atoms with E-state index in [2.05, 4.69) is 15.3 Å². The molecule has 0 unspecified atom stereocenters. The van der Waals surface area contributed by atoms with Gasteiger partial charge in [-0.15, -0.1) is 0 Å². The maximum Gasteiger partial charge on any atom is 0.121 e. The number of aromatic nitrogens is 2. The molecule has 1 aromatic heterocycles. The molecule has 2 aromatic rings. The number of methoxy groups -OCH3 is 1. The highest BCUT2D eigenvalue weighted by Crippen LogP contribution is 2.26. The Hall–Kier alpha value is -0.810. The van der Waals surface area contributed by atoms with Crippen molar-refractivity contribution in [3.8, 4) is 0 Å². The van der Waals surface area contributed by atoms with Gasteiger partial charge in [-0.2, -0.15) is 0 Å². The van der Waals surface area contributed by atoms with Crippen LogP contribution in [-0.4, -0.2) is 30.2 Å². The first-order valence-electron chi connectivity index (χ1n) is 5.24. The topological polar surface area (TPSA) is 49.9 Å². The van der Waals surface area contributed by atoms with Crippen molar-refractivity contribution in [2.45, 2.75) is 6.54 Å². The average Bonchev–Trinajstić information content (AvgIpc) is 2.67. The number of benzene rings is 1. The molecule has 0 fully saturated rings. The average molecular weight is 274 g/mol. The summed E-state index contributed by atoms with van der Waals surface area (Å²) < 4.78 is 4.94. The quantitative estimate of drug-likeness (QED) is 0.824. The summed E-state index contributed by atoms with van der Waals surface area (Å²) in [5, 5.41) is 4.26. The molecule has 0 saturated heterocycles. The lowest BCUT2D eigenvalue weighted by Gasteiger charge is -2.00. The third-order valence-corrected chi connectivity index (χ3v) is 3.07. The Morgan fingerprint density at radius 2 is 2.12 bits per heavy atom. The number of aromatic amines is 1. The third-order valence-electron chi connectivity index (χ3n) is 2.35. The highest BCUT2D eigenvalue weighted by Gasteiger charge is 2.06. The molecule has 0 atom stereocenters. The van der Waals surface area contributed by atoms with Crippen molar-refractivity contribution in [3.05, 3.63) is 28.0 Å². The summed E-state index contributed by atoms with van der Waals surface area (Å²) >= 11 is 11.9. The Labute approximate surface area is 109 Å². The van der Waals surface area contributed by atoms with Gasteiger partial charge in [-0.1, -0.05) is 23.2 Å². The van der Waals surface area contributed by atoms with Gasteiger partial charge >= 0.3 is 0 Å². The molecule has 0 radical (unpaired) electrons. The second-order valence-electron chi connectivity index (χ2n) is 3.64. The zero-order valence-electron chi connectivity index (χ0n) is 9.39. The van der Waals surface area contributed by atoms with E-state index >= 15 is 0 Å². The summed E-state index contributed by atoms with van der Waals surface area (Å²) in [4.78, 5) is 7.59. The maximum absolute atomic E-state index is 5.93. The first-order chi connectivity index (χ1) is 8.20. The van der Waals surface area contributed by atoms with Gasteiger partial charge in [0, 0.05) is 13.7 Å². The van der Waals surface area contributed by atoms with Crippen LogP contribution in [0.1, 0.15) is 5.82 Å². The predicted molar refractivity (Wildman–Crippen MR) is 69.7 cm³/mol. The number of nitrogens with zero attached hydrogens (tertiary/aromatic N) is 1. The minimum atomic E-state index is 0.518. The van der Waals surface area contributed by atoms with Gasteiger partial charge in [0.25, 0.3) is 0 Å². The second kappa shape index (κ2) is 5.69. The van der Waals surface area contributed by atoms with Crippen LogP contribution in [0.25, 0.3) is 11.0 Å². The van der Waals surface area contributed by atoms with Gasteiger partial charge in [0.1, 0.15) is 5.82 Å². The zero-order chi connectivity index (χ0) is 12.3. The molecule has 0 aliphatic carbocycles. The summed E-state index contributed by atoms with van der Waals surface area (Å²) in [6.45, 7) is 2.13. The monoisotopic (exact) mass is 273 g/mol. The van der Waals surface area contributed by atoms with Crippen LogP contribution in [0.2, 0.25) is 10.0 Å². The lowest BCUT2D eigenvalue weighted by atomic mass is 10.3. The van der Waals surface area contributed by atoms with E-state index in [9.17, 15) is 0 Å². The fraction of sp³-hybridized carbons (Fsp3) is 0.364. The summed E-state index contributed by atoms with van der Waals surface area (Å²) in [5.41, 5.74) is 1.71. The van der Waals surface area contributed by atoms with Gasteiger partial charge in [0.15, 0.2) is 0 Å². The van der Waals surface area contributed by atoms with E-state index in [4.69, 9.17) is 27.9 Å². The van der Waals surface area contributed by atoms with Crippen molar-refractivity contribution >= 4 is 34.2 Å². The molecular weight excluding hydrogens is 261 g/mol. The van der Waals surface area contributed by atoms with Crippen molar-refractivity contribution < 1.29 is 4.74 Å². The van der Waals surface area contributed by atoms with Crippen molar-refractivity contribution in [2.75, 3.05) is 20.3 Å². The number of nitrogens with one attached hydrogen (secondary N) is 2. The van der Waals surface area contributed by atoms with E-state index in [1.807, 2.05) is 0 Å². The number of fused-ring (bicyclic) bond motifs is 1. The van der Waals surface area contributed by atoms with E-state index < -0.39 is 0 Å². The molecule has 0 amide bonds. The molecule has 6 heteroatoms. The number of imidazole rings is 1. The number of rotatable bonds is 5. The lowest BCUT2D eigenvalue weighted by Crippen LogP contribution is -2.19. The normalized spacial score (nSPS) is 11.2. The highest BCUT2D eigenvalue weighted by atomic mass is 35.5. The Morgan fingerprint density at radius 3 is 2.88 bits per heavy atom. The summed E-state index contributed by atoms with van der Waals surface area (Å²) in [6.07, 6.45) is 0. The fourth-order valence-corrected chi connectivity index (χ4v) is 1.84.